The van der Waals surface area contributed by atoms with Crippen molar-refractivity contribution >= 4 is 26.0 Å². The van der Waals surface area contributed by atoms with Gasteiger partial charge in [0.05, 0.1) is 11.5 Å². The van der Waals surface area contributed by atoms with Gasteiger partial charge in [-0.2, -0.15) is 8.42 Å². The molecule has 0 spiro atoms. The fraction of sp³-hybridized carbons (Fsp3) is 0.333. The molecule has 0 saturated heterocycles. The van der Waals surface area contributed by atoms with Crippen LogP contribution in [-0.4, -0.2) is 28.6 Å². The average Bonchev–Trinajstić information content (AvgIpc) is 2.18. The first-order chi connectivity index (χ1) is 7.06. The van der Waals surface area contributed by atoms with Crippen LogP contribution in [0.5, 0.6) is 0 Å². The quantitative estimate of drug-likeness (QED) is 0.658. The highest BCUT2D eigenvalue weighted by Gasteiger charge is 2.13. The van der Waals surface area contributed by atoms with Crippen molar-refractivity contribution < 1.29 is 12.6 Å². The van der Waals surface area contributed by atoms with E-state index in [0.717, 1.165) is 4.47 Å². The first kappa shape index (κ1) is 12.6. The molecule has 0 fully saturated rings. The molecule has 0 aliphatic rings. The molecule has 0 aliphatic carbocycles. The van der Waals surface area contributed by atoms with Gasteiger partial charge < -0.3 is 5.32 Å². The topological polar surface area (TPSA) is 55.4 Å². The minimum atomic E-state index is -3.61. The Labute approximate surface area is 97.9 Å². The van der Waals surface area contributed by atoms with Gasteiger partial charge in [0.15, 0.2) is 0 Å². The van der Waals surface area contributed by atoms with Gasteiger partial charge in [0.25, 0.3) is 10.1 Å². The van der Waals surface area contributed by atoms with Gasteiger partial charge >= 0.3 is 0 Å². The lowest BCUT2D eigenvalue weighted by atomic mass is 10.4. The Hall–Kier alpha value is -0.430. The Morgan fingerprint density at radius 1 is 1.33 bits per heavy atom. The van der Waals surface area contributed by atoms with Crippen molar-refractivity contribution in [1.29, 1.82) is 0 Å². The zero-order chi connectivity index (χ0) is 11.3. The molecule has 15 heavy (non-hydrogen) atoms. The molecule has 0 radical (unpaired) electrons. The van der Waals surface area contributed by atoms with Gasteiger partial charge in [-0.25, -0.2) is 0 Å². The van der Waals surface area contributed by atoms with E-state index in [4.69, 9.17) is 4.18 Å². The Kier molecular flexibility index (Phi) is 4.72. The maximum atomic E-state index is 11.6. The van der Waals surface area contributed by atoms with Crippen molar-refractivity contribution in [2.75, 3.05) is 20.2 Å². The summed E-state index contributed by atoms with van der Waals surface area (Å²) in [7, 11) is -1.88. The third-order valence-electron chi connectivity index (χ3n) is 1.69. The van der Waals surface area contributed by atoms with Gasteiger partial charge in [-0.15, -0.1) is 0 Å². The summed E-state index contributed by atoms with van der Waals surface area (Å²) in [6.45, 7) is 0.630. The van der Waals surface area contributed by atoms with E-state index in [9.17, 15) is 8.42 Å². The molecule has 0 saturated carbocycles. The van der Waals surface area contributed by atoms with Crippen LogP contribution in [-0.2, 0) is 14.3 Å². The monoisotopic (exact) mass is 293 g/mol. The summed E-state index contributed by atoms with van der Waals surface area (Å²) in [5, 5.41) is 2.80. The third-order valence-corrected chi connectivity index (χ3v) is 3.55. The van der Waals surface area contributed by atoms with E-state index >= 15 is 0 Å². The molecule has 0 bridgehead atoms. The van der Waals surface area contributed by atoms with E-state index in [1.165, 1.54) is 12.1 Å². The molecule has 0 heterocycles. The molecule has 0 aromatic heterocycles. The first-order valence-corrected chi connectivity index (χ1v) is 6.56. The molecule has 4 nitrogen and oxygen atoms in total. The maximum Gasteiger partial charge on any atom is 0.297 e. The molecule has 0 unspecified atom stereocenters. The Morgan fingerprint density at radius 3 is 2.47 bits per heavy atom. The maximum absolute atomic E-state index is 11.6. The molecule has 1 N–H and O–H groups in total. The van der Waals surface area contributed by atoms with E-state index in [2.05, 4.69) is 21.2 Å². The van der Waals surface area contributed by atoms with Gasteiger partial charge in [0.2, 0.25) is 0 Å². The summed E-state index contributed by atoms with van der Waals surface area (Å²) in [5.74, 6) is 0. The van der Waals surface area contributed by atoms with Gasteiger partial charge in [-0.05, 0) is 31.3 Å². The second-order valence-corrected chi connectivity index (χ2v) is 5.36. The summed E-state index contributed by atoms with van der Waals surface area (Å²) in [4.78, 5) is 0.168. The van der Waals surface area contributed by atoms with Gasteiger partial charge in [-0.3, -0.25) is 4.18 Å². The zero-order valence-corrected chi connectivity index (χ0v) is 10.6. The highest BCUT2D eigenvalue weighted by Crippen LogP contribution is 2.16. The van der Waals surface area contributed by atoms with Crippen molar-refractivity contribution in [3.05, 3.63) is 28.7 Å². The minimum Gasteiger partial charge on any atom is -0.317 e. The average molecular weight is 294 g/mol. The largest absolute Gasteiger partial charge is 0.317 e. The summed E-state index contributed by atoms with van der Waals surface area (Å²) in [6.07, 6.45) is 0. The van der Waals surface area contributed by atoms with Gasteiger partial charge in [0.1, 0.15) is 0 Å². The number of nitrogens with one attached hydrogen (secondary N) is 1. The Morgan fingerprint density at radius 2 is 1.93 bits per heavy atom. The number of hydrogen-bond acceptors (Lipinski definition) is 4. The number of halogens is 1. The van der Waals surface area contributed by atoms with Crippen LogP contribution in [0.25, 0.3) is 0 Å². The van der Waals surface area contributed by atoms with Crippen molar-refractivity contribution in [3.63, 3.8) is 0 Å². The number of benzene rings is 1. The van der Waals surface area contributed by atoms with Crippen LogP contribution < -0.4 is 5.32 Å². The number of rotatable bonds is 5. The molecule has 0 aliphatic heterocycles. The fourth-order valence-corrected chi connectivity index (χ4v) is 2.10. The zero-order valence-electron chi connectivity index (χ0n) is 8.23. The van der Waals surface area contributed by atoms with E-state index < -0.39 is 10.1 Å². The summed E-state index contributed by atoms with van der Waals surface area (Å²) >= 11 is 3.23. The molecule has 84 valence electrons. The predicted molar refractivity (Wildman–Crippen MR) is 61.2 cm³/mol. The van der Waals surface area contributed by atoms with Gasteiger partial charge in [0, 0.05) is 11.0 Å². The summed E-state index contributed by atoms with van der Waals surface area (Å²) in [5.41, 5.74) is 0. The second-order valence-electron chi connectivity index (χ2n) is 2.83. The van der Waals surface area contributed by atoms with Gasteiger partial charge in [-0.1, -0.05) is 15.9 Å². The molecular weight excluding hydrogens is 282 g/mol. The second kappa shape index (κ2) is 5.60. The third kappa shape index (κ3) is 3.90. The van der Waals surface area contributed by atoms with E-state index in [1.807, 2.05) is 0 Å². The molecule has 6 heteroatoms. The van der Waals surface area contributed by atoms with Crippen molar-refractivity contribution in [2.24, 2.45) is 0 Å². The van der Waals surface area contributed by atoms with E-state index in [1.54, 1.807) is 19.2 Å². The standard InChI is InChI=1S/C9H12BrNO3S/c1-11-6-7-14-15(12,13)9-4-2-8(10)3-5-9/h2-5,11H,6-7H2,1H3. The predicted octanol–water partition coefficient (Wildman–Crippen LogP) is 1.37. The Bertz CT molecular complexity index is 402. The minimum absolute atomic E-state index is 0.134. The summed E-state index contributed by atoms with van der Waals surface area (Å²) < 4.78 is 28.7. The van der Waals surface area contributed by atoms with Crippen LogP contribution in [0.4, 0.5) is 0 Å². The lowest BCUT2D eigenvalue weighted by Gasteiger charge is -2.04. The van der Waals surface area contributed by atoms with Crippen molar-refractivity contribution in [1.82, 2.24) is 5.32 Å². The molecule has 1 rings (SSSR count). The van der Waals surface area contributed by atoms with E-state index in [0.29, 0.717) is 6.54 Å². The molecule has 0 atom stereocenters. The smallest absolute Gasteiger partial charge is 0.297 e. The normalized spacial score (nSPS) is 11.6. The molecular formula is C9H12BrNO3S. The SMILES string of the molecule is CNCCOS(=O)(=O)c1ccc(Br)cc1. The van der Waals surface area contributed by atoms with Crippen LogP contribution in [0.15, 0.2) is 33.6 Å². The molecule has 1 aromatic rings. The van der Waals surface area contributed by atoms with Crippen molar-refractivity contribution in [3.8, 4) is 0 Å². The summed E-state index contributed by atoms with van der Waals surface area (Å²) in [6, 6.07) is 6.32. The fourth-order valence-electron chi connectivity index (χ4n) is 0.923. The van der Waals surface area contributed by atoms with E-state index in [-0.39, 0.29) is 11.5 Å². The Balaban J connectivity index is 2.73. The number of likely N-dealkylation sites (N-methyl/N-ethyl adjacent to an activating group) is 1. The number of hydrogen-bond donors (Lipinski definition) is 1. The van der Waals surface area contributed by atoms with Crippen LogP contribution in [0.3, 0.4) is 0 Å². The molecule has 1 aromatic carbocycles. The molecule has 0 amide bonds. The first-order valence-electron chi connectivity index (χ1n) is 4.36. The van der Waals surface area contributed by atoms with Crippen LogP contribution in [0, 0.1) is 0 Å². The van der Waals surface area contributed by atoms with Crippen LogP contribution >= 0.6 is 15.9 Å². The lowest BCUT2D eigenvalue weighted by molar-refractivity contribution is 0.319. The lowest BCUT2D eigenvalue weighted by Crippen LogP contribution is -2.17. The highest BCUT2D eigenvalue weighted by molar-refractivity contribution is 9.10. The van der Waals surface area contributed by atoms with Crippen LogP contribution in [0.1, 0.15) is 0 Å². The highest BCUT2D eigenvalue weighted by atomic mass is 79.9. The van der Waals surface area contributed by atoms with Crippen molar-refractivity contribution in [2.45, 2.75) is 4.90 Å². The van der Waals surface area contributed by atoms with Crippen LogP contribution in [0.2, 0.25) is 0 Å².